The number of nitrogens with zero attached hydrogens (tertiary/aromatic N) is 4. The molecule has 1 aliphatic rings. The summed E-state index contributed by atoms with van der Waals surface area (Å²) in [6.07, 6.45) is 8.20. The van der Waals surface area contributed by atoms with Crippen LogP contribution < -0.4 is 10.6 Å². The van der Waals surface area contributed by atoms with Crippen molar-refractivity contribution in [1.29, 1.82) is 5.26 Å². The third-order valence-electron chi connectivity index (χ3n) is 5.93. The molecule has 0 unspecified atom stereocenters. The highest BCUT2D eigenvalue weighted by molar-refractivity contribution is 5.79. The Morgan fingerprint density at radius 3 is 3.00 bits per heavy atom. The summed E-state index contributed by atoms with van der Waals surface area (Å²) in [7, 11) is 0. The summed E-state index contributed by atoms with van der Waals surface area (Å²) in [6, 6.07) is 6.31. The molecule has 0 aromatic carbocycles. The summed E-state index contributed by atoms with van der Waals surface area (Å²) >= 11 is 0. The molecule has 0 amide bonds. The van der Waals surface area contributed by atoms with Gasteiger partial charge in [-0.05, 0) is 48.8 Å². The Morgan fingerprint density at radius 2 is 2.20 bits per heavy atom. The lowest BCUT2D eigenvalue weighted by Gasteiger charge is -2.40. The minimum atomic E-state index is -0.298. The summed E-state index contributed by atoms with van der Waals surface area (Å²) in [5.41, 5.74) is 2.33. The highest BCUT2D eigenvalue weighted by atomic mass is 16.3. The standard InChI is InChI=1S/C22H27N7O/c1-22(2)10-16(5-6-18(22)30)28-19-15(11-23)13-27-21(29-19)25-9-7-14-12-26-20-17(14)4-3-8-24-20/h3-4,8,12-13,16,18,30H,5-7,9-10H2,1-2H3,(H,24,26)(H2,25,27,28,29)/t16-,18-/m1/s1. The van der Waals surface area contributed by atoms with E-state index < -0.39 is 0 Å². The number of hydrogen-bond acceptors (Lipinski definition) is 7. The van der Waals surface area contributed by atoms with Crippen LogP contribution in [0, 0.1) is 16.7 Å². The Labute approximate surface area is 175 Å². The zero-order valence-electron chi connectivity index (χ0n) is 17.3. The monoisotopic (exact) mass is 405 g/mol. The summed E-state index contributed by atoms with van der Waals surface area (Å²) in [6.45, 7) is 4.81. The van der Waals surface area contributed by atoms with Crippen LogP contribution in [-0.2, 0) is 6.42 Å². The van der Waals surface area contributed by atoms with Crippen molar-refractivity contribution < 1.29 is 5.11 Å². The molecule has 0 saturated heterocycles. The Morgan fingerprint density at radius 1 is 1.33 bits per heavy atom. The van der Waals surface area contributed by atoms with Crippen LogP contribution in [0.3, 0.4) is 0 Å². The second-order valence-electron chi connectivity index (χ2n) is 8.59. The van der Waals surface area contributed by atoms with E-state index in [2.05, 4.69) is 56.6 Å². The van der Waals surface area contributed by atoms with Gasteiger partial charge in [-0.3, -0.25) is 0 Å². The summed E-state index contributed by atoms with van der Waals surface area (Å²) in [5, 5.41) is 27.4. The molecule has 0 bridgehead atoms. The minimum absolute atomic E-state index is 0.162. The highest BCUT2D eigenvalue weighted by Gasteiger charge is 2.35. The third kappa shape index (κ3) is 4.21. The third-order valence-corrected chi connectivity index (χ3v) is 5.93. The summed E-state index contributed by atoms with van der Waals surface area (Å²) in [5.74, 6) is 1.04. The number of pyridine rings is 1. The molecule has 30 heavy (non-hydrogen) atoms. The molecule has 0 spiro atoms. The first kappa shape index (κ1) is 20.1. The first-order valence-electron chi connectivity index (χ1n) is 10.3. The van der Waals surface area contributed by atoms with Gasteiger partial charge in [0.15, 0.2) is 0 Å². The Bertz CT molecular complexity index is 1070. The van der Waals surface area contributed by atoms with E-state index in [0.29, 0.717) is 23.9 Å². The number of fused-ring (bicyclic) bond motifs is 1. The maximum atomic E-state index is 10.2. The van der Waals surface area contributed by atoms with Crippen LogP contribution in [0.4, 0.5) is 11.8 Å². The van der Waals surface area contributed by atoms with Crippen molar-refractivity contribution in [3.63, 3.8) is 0 Å². The Hall–Kier alpha value is -3.18. The van der Waals surface area contributed by atoms with Gasteiger partial charge in [0.1, 0.15) is 23.1 Å². The van der Waals surface area contributed by atoms with Gasteiger partial charge in [-0.25, -0.2) is 9.97 Å². The molecule has 4 rings (SSSR count). The quantitative estimate of drug-likeness (QED) is 0.496. The van der Waals surface area contributed by atoms with E-state index in [1.165, 1.54) is 5.56 Å². The van der Waals surface area contributed by atoms with Crippen molar-refractivity contribution in [1.82, 2.24) is 19.9 Å². The van der Waals surface area contributed by atoms with Crippen LogP contribution in [0.25, 0.3) is 11.0 Å². The average molecular weight is 406 g/mol. The van der Waals surface area contributed by atoms with Crippen molar-refractivity contribution in [2.75, 3.05) is 17.2 Å². The van der Waals surface area contributed by atoms with Crippen molar-refractivity contribution in [3.8, 4) is 6.07 Å². The Balaban J connectivity index is 1.42. The van der Waals surface area contributed by atoms with Crippen LogP contribution in [0.1, 0.15) is 44.2 Å². The molecule has 0 radical (unpaired) electrons. The molecule has 4 N–H and O–H groups in total. The maximum absolute atomic E-state index is 10.2. The topological polar surface area (TPSA) is 123 Å². The number of aromatic nitrogens is 4. The molecular formula is C22H27N7O. The van der Waals surface area contributed by atoms with Gasteiger partial charge in [0, 0.05) is 30.4 Å². The lowest BCUT2D eigenvalue weighted by atomic mass is 9.73. The van der Waals surface area contributed by atoms with Crippen molar-refractivity contribution >= 4 is 22.8 Å². The molecule has 156 valence electrons. The van der Waals surface area contributed by atoms with Gasteiger partial charge in [-0.1, -0.05) is 13.8 Å². The molecule has 8 nitrogen and oxygen atoms in total. The maximum Gasteiger partial charge on any atom is 0.224 e. The van der Waals surface area contributed by atoms with Gasteiger partial charge >= 0.3 is 0 Å². The van der Waals surface area contributed by atoms with Crippen molar-refractivity contribution in [3.05, 3.63) is 41.9 Å². The van der Waals surface area contributed by atoms with E-state index in [4.69, 9.17) is 0 Å². The largest absolute Gasteiger partial charge is 0.393 e. The van der Waals surface area contributed by atoms with Crippen LogP contribution in [0.15, 0.2) is 30.7 Å². The molecule has 1 saturated carbocycles. The van der Waals surface area contributed by atoms with E-state index in [1.54, 1.807) is 12.4 Å². The number of anilines is 2. The van der Waals surface area contributed by atoms with Gasteiger partial charge in [0.25, 0.3) is 0 Å². The fourth-order valence-electron chi connectivity index (χ4n) is 4.13. The predicted octanol–water partition coefficient (Wildman–Crippen LogP) is 3.23. The van der Waals surface area contributed by atoms with E-state index in [1.807, 2.05) is 12.3 Å². The van der Waals surface area contributed by atoms with E-state index >= 15 is 0 Å². The number of nitriles is 1. The average Bonchev–Trinajstić information content (AvgIpc) is 3.14. The lowest BCUT2D eigenvalue weighted by molar-refractivity contribution is 0.00926. The summed E-state index contributed by atoms with van der Waals surface area (Å²) < 4.78 is 0. The normalized spacial score (nSPS) is 20.6. The van der Waals surface area contributed by atoms with Gasteiger partial charge in [0.05, 0.1) is 12.3 Å². The first-order valence-corrected chi connectivity index (χ1v) is 10.3. The molecule has 3 heterocycles. The van der Waals surface area contributed by atoms with E-state index in [9.17, 15) is 10.4 Å². The van der Waals surface area contributed by atoms with Crippen molar-refractivity contribution in [2.24, 2.45) is 5.41 Å². The second kappa shape index (κ2) is 8.28. The molecule has 3 aromatic heterocycles. The molecule has 3 aromatic rings. The zero-order valence-corrected chi connectivity index (χ0v) is 17.3. The predicted molar refractivity (Wildman–Crippen MR) is 116 cm³/mol. The van der Waals surface area contributed by atoms with Crippen molar-refractivity contribution in [2.45, 2.75) is 51.7 Å². The van der Waals surface area contributed by atoms with Crippen LogP contribution in [0.5, 0.6) is 0 Å². The number of H-pyrrole nitrogens is 1. The number of nitrogens with one attached hydrogen (secondary N) is 3. The number of hydrogen-bond donors (Lipinski definition) is 4. The number of aliphatic hydroxyl groups is 1. The fourth-order valence-corrected chi connectivity index (χ4v) is 4.13. The molecule has 8 heteroatoms. The van der Waals surface area contributed by atoms with Gasteiger partial charge in [-0.2, -0.15) is 10.2 Å². The number of aliphatic hydroxyl groups excluding tert-OH is 1. The SMILES string of the molecule is CC1(C)C[C@H](Nc2nc(NCCc3c[nH]c4ncccc34)ncc2C#N)CC[C@H]1O. The zero-order chi connectivity index (χ0) is 21.1. The number of aromatic amines is 1. The summed E-state index contributed by atoms with van der Waals surface area (Å²) in [4.78, 5) is 16.3. The van der Waals surface area contributed by atoms with E-state index in [0.717, 1.165) is 36.7 Å². The molecule has 0 aliphatic heterocycles. The van der Waals surface area contributed by atoms with Gasteiger partial charge in [-0.15, -0.1) is 0 Å². The number of rotatable bonds is 6. The molecular weight excluding hydrogens is 378 g/mol. The molecule has 1 aliphatic carbocycles. The lowest BCUT2D eigenvalue weighted by Crippen LogP contribution is -2.41. The van der Waals surface area contributed by atoms with Gasteiger partial charge < -0.3 is 20.7 Å². The van der Waals surface area contributed by atoms with Crippen LogP contribution in [-0.4, -0.2) is 43.7 Å². The molecule has 1 fully saturated rings. The second-order valence-corrected chi connectivity index (χ2v) is 8.59. The van der Waals surface area contributed by atoms with Crippen LogP contribution in [0.2, 0.25) is 0 Å². The van der Waals surface area contributed by atoms with Gasteiger partial charge in [0.2, 0.25) is 5.95 Å². The van der Waals surface area contributed by atoms with E-state index in [-0.39, 0.29) is 17.6 Å². The smallest absolute Gasteiger partial charge is 0.224 e. The molecule has 2 atom stereocenters. The Kier molecular flexibility index (Phi) is 5.55. The fraction of sp³-hybridized carbons (Fsp3) is 0.455. The van der Waals surface area contributed by atoms with Crippen LogP contribution >= 0.6 is 0 Å². The highest BCUT2D eigenvalue weighted by Crippen LogP contribution is 2.36. The minimum Gasteiger partial charge on any atom is -0.393 e. The first-order chi connectivity index (χ1) is 14.5.